The number of ether oxygens (including phenoxy) is 1. The molecule has 0 aliphatic heterocycles. The van der Waals surface area contributed by atoms with Crippen LogP contribution in [0.3, 0.4) is 0 Å². The van der Waals surface area contributed by atoms with Crippen molar-refractivity contribution in [2.75, 3.05) is 6.61 Å². The van der Waals surface area contributed by atoms with Crippen LogP contribution in [-0.2, 0) is 0 Å². The van der Waals surface area contributed by atoms with Gasteiger partial charge in [0, 0.05) is 28.7 Å². The smallest absolute Gasteiger partial charge is 0.202 e. The maximum absolute atomic E-state index is 13.2. The van der Waals surface area contributed by atoms with Crippen LogP contribution in [0.2, 0.25) is 0 Å². The number of benzene rings is 2. The van der Waals surface area contributed by atoms with Crippen LogP contribution in [0.5, 0.6) is 5.75 Å². The molecule has 3 nitrogen and oxygen atoms in total. The fraction of sp³-hybridized carbons (Fsp3) is 0.190. The number of halogens is 1. The quantitative estimate of drug-likeness (QED) is 0.626. The highest BCUT2D eigenvalue weighted by Gasteiger charge is 2.17. The van der Waals surface area contributed by atoms with Gasteiger partial charge in [0.1, 0.15) is 11.6 Å². The second-order valence-corrected chi connectivity index (χ2v) is 6.12. The summed E-state index contributed by atoms with van der Waals surface area (Å²) in [5.74, 6) is -0.168. The van der Waals surface area contributed by atoms with Crippen molar-refractivity contribution in [2.24, 2.45) is 0 Å². The molecule has 1 aromatic heterocycles. The highest BCUT2D eigenvalue weighted by Crippen LogP contribution is 2.22. The van der Waals surface area contributed by atoms with E-state index in [2.05, 4.69) is 4.57 Å². The van der Waals surface area contributed by atoms with Crippen molar-refractivity contribution in [3.63, 3.8) is 0 Å². The summed E-state index contributed by atoms with van der Waals surface area (Å²) in [5.41, 5.74) is 4.68. The summed E-state index contributed by atoms with van der Waals surface area (Å²) < 4.78 is 20.7. The van der Waals surface area contributed by atoms with Crippen LogP contribution in [0, 0.1) is 26.6 Å². The zero-order valence-corrected chi connectivity index (χ0v) is 14.5. The Bertz CT molecular complexity index is 910. The molecule has 3 aromatic rings. The van der Waals surface area contributed by atoms with Crippen LogP contribution in [0.1, 0.15) is 27.3 Å². The van der Waals surface area contributed by atoms with Gasteiger partial charge in [0.2, 0.25) is 5.78 Å². The van der Waals surface area contributed by atoms with Crippen LogP contribution in [0.4, 0.5) is 4.39 Å². The van der Waals surface area contributed by atoms with Gasteiger partial charge in [-0.3, -0.25) is 4.79 Å². The highest BCUT2D eigenvalue weighted by molar-refractivity contribution is 5.98. The van der Waals surface area contributed by atoms with Gasteiger partial charge >= 0.3 is 0 Å². The van der Waals surface area contributed by atoms with E-state index in [1.165, 1.54) is 17.7 Å². The van der Waals surface area contributed by atoms with Gasteiger partial charge in [-0.05, 0) is 51.1 Å². The number of carbonyl (C=O) groups excluding carboxylic acids is 1. The van der Waals surface area contributed by atoms with Crippen molar-refractivity contribution < 1.29 is 13.9 Å². The molecular weight excluding hydrogens is 317 g/mol. The molecule has 0 unspecified atom stereocenters. The van der Waals surface area contributed by atoms with Crippen LogP contribution < -0.4 is 4.74 Å². The first-order chi connectivity index (χ1) is 12.0. The fourth-order valence-electron chi connectivity index (χ4n) is 2.92. The number of aryl methyl sites for hydroxylation is 2. The van der Waals surface area contributed by atoms with Crippen molar-refractivity contribution in [3.05, 3.63) is 82.9 Å². The Hall–Kier alpha value is -2.88. The lowest BCUT2D eigenvalue weighted by atomic mass is 10.1. The third kappa shape index (κ3) is 3.63. The maximum atomic E-state index is 13.2. The molecule has 0 radical (unpaired) electrons. The second kappa shape index (κ2) is 6.93. The highest BCUT2D eigenvalue weighted by atomic mass is 19.1. The van der Waals surface area contributed by atoms with E-state index >= 15 is 0 Å². The van der Waals surface area contributed by atoms with Gasteiger partial charge in [0.25, 0.3) is 0 Å². The minimum Gasteiger partial charge on any atom is -0.485 e. The van der Waals surface area contributed by atoms with E-state index in [1.807, 2.05) is 51.1 Å². The van der Waals surface area contributed by atoms with Crippen molar-refractivity contribution in [3.8, 4) is 11.4 Å². The van der Waals surface area contributed by atoms with Gasteiger partial charge in [-0.15, -0.1) is 0 Å². The van der Waals surface area contributed by atoms with Gasteiger partial charge in [-0.1, -0.05) is 23.8 Å². The molecule has 0 saturated carbocycles. The summed E-state index contributed by atoms with van der Waals surface area (Å²) in [6, 6.07) is 15.8. The molecule has 0 atom stereocenters. The molecule has 0 spiro atoms. The summed E-state index contributed by atoms with van der Waals surface area (Å²) >= 11 is 0. The molecule has 128 valence electrons. The first kappa shape index (κ1) is 17.0. The molecule has 0 fully saturated rings. The minimum absolute atomic E-state index is 0.123. The van der Waals surface area contributed by atoms with E-state index in [0.717, 1.165) is 17.1 Å². The average molecular weight is 337 g/mol. The number of Topliss-reactive ketones (excluding diaryl/α,β-unsaturated/α-hetero) is 1. The molecule has 25 heavy (non-hydrogen) atoms. The standard InChI is InChI=1S/C21H20FNO2/c1-14-7-9-18(10-8-14)23-15(2)11-20(16(23)3)21(24)13-25-19-6-4-5-17(22)12-19/h4-12H,13H2,1-3H3. The fourth-order valence-corrected chi connectivity index (χ4v) is 2.92. The summed E-state index contributed by atoms with van der Waals surface area (Å²) in [7, 11) is 0. The maximum Gasteiger partial charge on any atom is 0.202 e. The summed E-state index contributed by atoms with van der Waals surface area (Å²) in [6.45, 7) is 5.80. The lowest BCUT2D eigenvalue weighted by Crippen LogP contribution is -2.12. The van der Waals surface area contributed by atoms with Gasteiger partial charge in [-0.25, -0.2) is 4.39 Å². The van der Waals surface area contributed by atoms with E-state index in [0.29, 0.717) is 11.3 Å². The molecular formula is C21H20FNO2. The van der Waals surface area contributed by atoms with Gasteiger partial charge < -0.3 is 9.30 Å². The van der Waals surface area contributed by atoms with Crippen LogP contribution >= 0.6 is 0 Å². The van der Waals surface area contributed by atoms with Crippen molar-refractivity contribution in [2.45, 2.75) is 20.8 Å². The monoisotopic (exact) mass is 337 g/mol. The SMILES string of the molecule is Cc1ccc(-n2c(C)cc(C(=O)COc3cccc(F)c3)c2C)cc1. The first-order valence-corrected chi connectivity index (χ1v) is 8.13. The predicted octanol–water partition coefficient (Wildman–Crippen LogP) is 4.80. The Morgan fingerprint density at radius 2 is 1.76 bits per heavy atom. The number of carbonyl (C=O) groups is 1. The van der Waals surface area contributed by atoms with E-state index in [1.54, 1.807) is 12.1 Å². The van der Waals surface area contributed by atoms with Crippen molar-refractivity contribution in [1.82, 2.24) is 4.57 Å². The largest absolute Gasteiger partial charge is 0.485 e. The van der Waals surface area contributed by atoms with Crippen LogP contribution in [0.25, 0.3) is 5.69 Å². The number of hydrogen-bond donors (Lipinski definition) is 0. The Kier molecular flexibility index (Phi) is 4.70. The Morgan fingerprint density at radius 1 is 1.04 bits per heavy atom. The molecule has 0 aliphatic carbocycles. The lowest BCUT2D eigenvalue weighted by molar-refractivity contribution is 0.0920. The molecule has 1 heterocycles. The third-order valence-electron chi connectivity index (χ3n) is 4.19. The molecule has 2 aromatic carbocycles. The molecule has 0 saturated heterocycles. The van der Waals surface area contributed by atoms with E-state index in [4.69, 9.17) is 4.74 Å². The topological polar surface area (TPSA) is 31.2 Å². The molecule has 3 rings (SSSR count). The molecule has 0 bridgehead atoms. The number of nitrogens with zero attached hydrogens (tertiary/aromatic N) is 1. The Balaban J connectivity index is 1.82. The van der Waals surface area contributed by atoms with Crippen LogP contribution in [0.15, 0.2) is 54.6 Å². The third-order valence-corrected chi connectivity index (χ3v) is 4.19. The molecule has 0 N–H and O–H groups in total. The normalized spacial score (nSPS) is 10.7. The van der Waals surface area contributed by atoms with Crippen molar-refractivity contribution in [1.29, 1.82) is 0 Å². The van der Waals surface area contributed by atoms with E-state index in [-0.39, 0.29) is 18.2 Å². The summed E-state index contributed by atoms with van der Waals surface area (Å²) in [4.78, 5) is 12.5. The zero-order chi connectivity index (χ0) is 18.0. The minimum atomic E-state index is -0.387. The van der Waals surface area contributed by atoms with Gasteiger partial charge in [0.15, 0.2) is 6.61 Å². The summed E-state index contributed by atoms with van der Waals surface area (Å²) in [6.07, 6.45) is 0. The van der Waals surface area contributed by atoms with Gasteiger partial charge in [-0.2, -0.15) is 0 Å². The molecule has 0 aliphatic rings. The average Bonchev–Trinajstić information content (AvgIpc) is 2.88. The van der Waals surface area contributed by atoms with Crippen LogP contribution in [-0.4, -0.2) is 17.0 Å². The molecule has 4 heteroatoms. The number of rotatable bonds is 5. The first-order valence-electron chi connectivity index (χ1n) is 8.13. The Morgan fingerprint density at radius 3 is 2.44 bits per heavy atom. The van der Waals surface area contributed by atoms with Crippen molar-refractivity contribution >= 4 is 5.78 Å². The second-order valence-electron chi connectivity index (χ2n) is 6.12. The number of ketones is 1. The van der Waals surface area contributed by atoms with E-state index < -0.39 is 0 Å². The van der Waals surface area contributed by atoms with Gasteiger partial charge in [0.05, 0.1) is 0 Å². The Labute approximate surface area is 146 Å². The lowest BCUT2D eigenvalue weighted by Gasteiger charge is -2.10. The molecule has 0 amide bonds. The predicted molar refractivity (Wildman–Crippen MR) is 96.2 cm³/mol. The van der Waals surface area contributed by atoms with E-state index in [9.17, 15) is 9.18 Å². The zero-order valence-electron chi connectivity index (χ0n) is 14.5. The number of hydrogen-bond acceptors (Lipinski definition) is 2. The summed E-state index contributed by atoms with van der Waals surface area (Å²) in [5, 5.41) is 0. The number of aromatic nitrogens is 1.